The van der Waals surface area contributed by atoms with Gasteiger partial charge in [0.05, 0.1) is 16.2 Å². The standard InChI is InChI=1S/C18H22ClN3O2/c1-24-12-17(23)20-9-13-7-8-22(10-13)11-15-6-5-14-3-2-4-16(19)18(14)21-15/h2-6,13H,7-12H2,1H3,(H,20,23)/t13-/m0/s1. The number of carbonyl (C=O) groups is 1. The number of hydrogen-bond donors (Lipinski definition) is 1. The molecule has 0 aliphatic carbocycles. The summed E-state index contributed by atoms with van der Waals surface area (Å²) in [5.41, 5.74) is 1.89. The molecule has 3 rings (SSSR count). The van der Waals surface area contributed by atoms with Crippen molar-refractivity contribution >= 4 is 28.4 Å². The molecular formula is C18H22ClN3O2. The first-order valence-electron chi connectivity index (χ1n) is 8.18. The largest absolute Gasteiger partial charge is 0.375 e. The van der Waals surface area contributed by atoms with Gasteiger partial charge >= 0.3 is 0 Å². The van der Waals surface area contributed by atoms with Crippen LogP contribution in [0, 0.1) is 5.92 Å². The Bertz CT molecular complexity index is 722. The van der Waals surface area contributed by atoms with Crippen LogP contribution in [0.4, 0.5) is 0 Å². The summed E-state index contributed by atoms with van der Waals surface area (Å²) >= 11 is 6.24. The van der Waals surface area contributed by atoms with Crippen LogP contribution < -0.4 is 5.32 Å². The number of nitrogens with one attached hydrogen (secondary N) is 1. The third-order valence-corrected chi connectivity index (χ3v) is 4.65. The van der Waals surface area contributed by atoms with Crippen molar-refractivity contribution in [3.8, 4) is 0 Å². The summed E-state index contributed by atoms with van der Waals surface area (Å²) in [7, 11) is 1.53. The highest BCUT2D eigenvalue weighted by Crippen LogP contribution is 2.23. The van der Waals surface area contributed by atoms with Crippen LogP contribution >= 0.6 is 11.6 Å². The zero-order valence-corrected chi connectivity index (χ0v) is 14.6. The molecule has 128 valence electrons. The molecule has 2 aromatic rings. The van der Waals surface area contributed by atoms with Crippen LogP contribution in [0.25, 0.3) is 10.9 Å². The quantitative estimate of drug-likeness (QED) is 0.872. The molecule has 5 nitrogen and oxygen atoms in total. The van der Waals surface area contributed by atoms with Gasteiger partial charge in [-0.1, -0.05) is 29.8 Å². The molecule has 1 aromatic carbocycles. The summed E-state index contributed by atoms with van der Waals surface area (Å²) in [6.45, 7) is 3.63. The first-order valence-corrected chi connectivity index (χ1v) is 8.55. The Morgan fingerprint density at radius 1 is 1.42 bits per heavy atom. The van der Waals surface area contributed by atoms with E-state index < -0.39 is 0 Å². The number of nitrogens with zero attached hydrogens (tertiary/aromatic N) is 2. The van der Waals surface area contributed by atoms with E-state index in [9.17, 15) is 4.79 Å². The van der Waals surface area contributed by atoms with Gasteiger partial charge in [0, 0.05) is 32.1 Å². The Hall–Kier alpha value is -1.69. The maximum atomic E-state index is 11.5. The Kier molecular flexibility index (Phi) is 5.66. The molecule has 6 heteroatoms. The van der Waals surface area contributed by atoms with Gasteiger partial charge in [0.1, 0.15) is 6.61 Å². The zero-order chi connectivity index (χ0) is 16.9. The molecule has 0 unspecified atom stereocenters. The molecule has 1 N–H and O–H groups in total. The van der Waals surface area contributed by atoms with Crippen LogP contribution in [-0.2, 0) is 16.1 Å². The minimum atomic E-state index is -0.0539. The Balaban J connectivity index is 1.55. The molecule has 1 aliphatic heterocycles. The highest BCUT2D eigenvalue weighted by atomic mass is 35.5. The van der Waals surface area contributed by atoms with Crippen LogP contribution in [0.15, 0.2) is 30.3 Å². The predicted molar refractivity (Wildman–Crippen MR) is 95.0 cm³/mol. The van der Waals surface area contributed by atoms with Crippen LogP contribution in [0.1, 0.15) is 12.1 Å². The predicted octanol–water partition coefficient (Wildman–Crippen LogP) is 2.47. The fourth-order valence-corrected chi connectivity index (χ4v) is 3.36. The number of halogens is 1. The van der Waals surface area contributed by atoms with Gasteiger partial charge in [0.2, 0.25) is 5.91 Å². The minimum absolute atomic E-state index is 0.0539. The highest BCUT2D eigenvalue weighted by molar-refractivity contribution is 6.35. The SMILES string of the molecule is COCC(=O)NC[C@@H]1CCN(Cc2ccc3cccc(Cl)c3n2)C1. The van der Waals surface area contributed by atoms with Crippen molar-refractivity contribution in [2.24, 2.45) is 5.92 Å². The lowest BCUT2D eigenvalue weighted by Gasteiger charge is -2.16. The van der Waals surface area contributed by atoms with Crippen LogP contribution in [0.2, 0.25) is 5.02 Å². The number of fused-ring (bicyclic) bond motifs is 1. The van der Waals surface area contributed by atoms with E-state index >= 15 is 0 Å². The number of ether oxygens (including phenoxy) is 1. The molecule has 1 atom stereocenters. The second kappa shape index (κ2) is 7.92. The topological polar surface area (TPSA) is 54.5 Å². The summed E-state index contributed by atoms with van der Waals surface area (Å²) in [4.78, 5) is 18.5. The van der Waals surface area contributed by atoms with E-state index in [-0.39, 0.29) is 12.5 Å². The first-order chi connectivity index (χ1) is 11.7. The second-order valence-electron chi connectivity index (χ2n) is 6.24. The average Bonchev–Trinajstić information content (AvgIpc) is 3.01. The van der Waals surface area contributed by atoms with E-state index in [1.54, 1.807) is 0 Å². The van der Waals surface area contributed by atoms with Crippen molar-refractivity contribution in [1.29, 1.82) is 0 Å². The Morgan fingerprint density at radius 2 is 2.29 bits per heavy atom. The molecule has 1 amide bonds. The number of amides is 1. The van der Waals surface area contributed by atoms with Crippen molar-refractivity contribution in [2.45, 2.75) is 13.0 Å². The van der Waals surface area contributed by atoms with Gasteiger partial charge in [0.15, 0.2) is 0 Å². The number of carbonyl (C=O) groups excluding carboxylic acids is 1. The lowest BCUT2D eigenvalue weighted by Crippen LogP contribution is -2.33. The lowest BCUT2D eigenvalue weighted by atomic mass is 10.1. The number of methoxy groups -OCH3 is 1. The normalized spacial score (nSPS) is 18.2. The molecular weight excluding hydrogens is 326 g/mol. The van der Waals surface area contributed by atoms with Gasteiger partial charge in [-0.2, -0.15) is 0 Å². The fraction of sp³-hybridized carbons (Fsp3) is 0.444. The number of hydrogen-bond acceptors (Lipinski definition) is 4. The van der Waals surface area contributed by atoms with E-state index in [4.69, 9.17) is 21.3 Å². The number of likely N-dealkylation sites (tertiary alicyclic amines) is 1. The average molecular weight is 348 g/mol. The van der Waals surface area contributed by atoms with Crippen molar-refractivity contribution in [1.82, 2.24) is 15.2 Å². The number of pyridine rings is 1. The van der Waals surface area contributed by atoms with E-state index in [1.165, 1.54) is 7.11 Å². The van der Waals surface area contributed by atoms with Crippen molar-refractivity contribution in [2.75, 3.05) is 33.4 Å². The minimum Gasteiger partial charge on any atom is -0.375 e. The van der Waals surface area contributed by atoms with Crippen LogP contribution in [-0.4, -0.2) is 49.1 Å². The van der Waals surface area contributed by atoms with Gasteiger partial charge in [-0.25, -0.2) is 4.98 Å². The number of para-hydroxylation sites is 1. The van der Waals surface area contributed by atoms with Crippen molar-refractivity contribution in [3.05, 3.63) is 41.0 Å². The zero-order valence-electron chi connectivity index (χ0n) is 13.8. The van der Waals surface area contributed by atoms with Gasteiger partial charge in [-0.15, -0.1) is 0 Å². The van der Waals surface area contributed by atoms with E-state index in [0.717, 1.165) is 42.7 Å². The van der Waals surface area contributed by atoms with E-state index in [2.05, 4.69) is 22.3 Å². The Labute approximate surface area is 146 Å². The molecule has 0 saturated carbocycles. The number of rotatable bonds is 6. The maximum absolute atomic E-state index is 11.5. The molecule has 1 aliphatic rings. The van der Waals surface area contributed by atoms with E-state index in [1.807, 2.05) is 18.2 Å². The molecule has 2 heterocycles. The highest BCUT2D eigenvalue weighted by Gasteiger charge is 2.23. The Morgan fingerprint density at radius 3 is 3.12 bits per heavy atom. The molecule has 1 saturated heterocycles. The summed E-state index contributed by atoms with van der Waals surface area (Å²) in [5.74, 6) is 0.427. The second-order valence-corrected chi connectivity index (χ2v) is 6.65. The molecule has 1 aromatic heterocycles. The van der Waals surface area contributed by atoms with Crippen LogP contribution in [0.5, 0.6) is 0 Å². The molecule has 0 spiro atoms. The van der Waals surface area contributed by atoms with Gasteiger partial charge in [-0.05, 0) is 31.0 Å². The van der Waals surface area contributed by atoms with E-state index in [0.29, 0.717) is 17.5 Å². The smallest absolute Gasteiger partial charge is 0.245 e. The first kappa shape index (κ1) is 17.1. The summed E-state index contributed by atoms with van der Waals surface area (Å²) < 4.78 is 4.82. The van der Waals surface area contributed by atoms with Gasteiger partial charge in [-0.3, -0.25) is 9.69 Å². The number of aromatic nitrogens is 1. The van der Waals surface area contributed by atoms with Gasteiger partial charge < -0.3 is 10.1 Å². The monoisotopic (exact) mass is 347 g/mol. The molecule has 1 fully saturated rings. The third kappa shape index (κ3) is 4.23. The molecule has 24 heavy (non-hydrogen) atoms. The molecule has 0 bridgehead atoms. The maximum Gasteiger partial charge on any atom is 0.245 e. The van der Waals surface area contributed by atoms with Gasteiger partial charge in [0.25, 0.3) is 0 Å². The number of benzene rings is 1. The fourth-order valence-electron chi connectivity index (χ4n) is 3.13. The van der Waals surface area contributed by atoms with Crippen molar-refractivity contribution < 1.29 is 9.53 Å². The lowest BCUT2D eigenvalue weighted by molar-refractivity contribution is -0.124. The summed E-state index contributed by atoms with van der Waals surface area (Å²) in [6, 6.07) is 9.96. The summed E-state index contributed by atoms with van der Waals surface area (Å²) in [6.07, 6.45) is 1.08. The molecule has 0 radical (unpaired) electrons. The van der Waals surface area contributed by atoms with Crippen LogP contribution in [0.3, 0.4) is 0 Å². The third-order valence-electron chi connectivity index (χ3n) is 4.35. The summed E-state index contributed by atoms with van der Waals surface area (Å²) in [5, 5.41) is 4.67. The van der Waals surface area contributed by atoms with Crippen molar-refractivity contribution in [3.63, 3.8) is 0 Å².